The highest BCUT2D eigenvalue weighted by Crippen LogP contribution is 2.35. The van der Waals surface area contributed by atoms with Crippen LogP contribution in [0.25, 0.3) is 0 Å². The third-order valence-corrected chi connectivity index (χ3v) is 6.50. The first kappa shape index (κ1) is 24.3. The van der Waals surface area contributed by atoms with E-state index in [1.54, 1.807) is 0 Å². The van der Waals surface area contributed by atoms with E-state index in [2.05, 4.69) is 16.0 Å². The van der Waals surface area contributed by atoms with Crippen molar-refractivity contribution in [3.8, 4) is 0 Å². The van der Waals surface area contributed by atoms with Crippen molar-refractivity contribution in [2.45, 2.75) is 12.8 Å². The molecule has 0 saturated carbocycles. The average molecular weight is 715 g/mol. The maximum absolute atomic E-state index is 12.6. The topological polar surface area (TPSA) is 145 Å². The van der Waals surface area contributed by atoms with Crippen LogP contribution in [0.3, 0.4) is 0 Å². The first-order valence-electron chi connectivity index (χ1n) is 7.48. The molecule has 148 valence electrons. The van der Waals surface area contributed by atoms with E-state index in [1.165, 1.54) is 7.05 Å². The number of hydrogen-bond donors (Lipinski definition) is 5. The average Bonchev–Trinajstić information content (AvgIpc) is 2.61. The van der Waals surface area contributed by atoms with Crippen LogP contribution in [-0.2, 0) is 9.59 Å². The summed E-state index contributed by atoms with van der Waals surface area (Å²) in [5.74, 6) is -2.56. The van der Waals surface area contributed by atoms with Crippen molar-refractivity contribution in [1.29, 1.82) is 0 Å². The minimum absolute atomic E-state index is 0.0809. The monoisotopic (exact) mass is 715 g/mol. The molecule has 0 aromatic heterocycles. The molecule has 12 heteroatoms. The van der Waals surface area contributed by atoms with Crippen molar-refractivity contribution in [2.75, 3.05) is 25.5 Å². The third kappa shape index (κ3) is 6.38. The summed E-state index contributed by atoms with van der Waals surface area (Å²) in [6.07, 6.45) is 0.178. The lowest BCUT2D eigenvalue weighted by molar-refractivity contribution is -0.137. The molecular formula is C15H16I3N3O6. The Labute approximate surface area is 195 Å². The van der Waals surface area contributed by atoms with E-state index in [9.17, 15) is 19.2 Å². The number of aliphatic carboxylic acids is 1. The molecule has 0 radical (unpaired) electrons. The quantitative estimate of drug-likeness (QED) is 0.204. The molecule has 0 atom stereocenters. The van der Waals surface area contributed by atoms with Gasteiger partial charge in [-0.05, 0) is 74.2 Å². The second kappa shape index (κ2) is 11.3. The molecule has 0 aliphatic carbocycles. The fourth-order valence-electron chi connectivity index (χ4n) is 2.01. The molecule has 0 spiro atoms. The van der Waals surface area contributed by atoms with Crippen LogP contribution in [0.15, 0.2) is 0 Å². The van der Waals surface area contributed by atoms with Crippen molar-refractivity contribution < 1.29 is 29.4 Å². The van der Waals surface area contributed by atoms with Crippen molar-refractivity contribution in [3.63, 3.8) is 0 Å². The number of rotatable bonds is 8. The molecule has 1 aromatic carbocycles. The van der Waals surface area contributed by atoms with Gasteiger partial charge in [0.1, 0.15) is 6.61 Å². The molecule has 27 heavy (non-hydrogen) atoms. The van der Waals surface area contributed by atoms with Crippen molar-refractivity contribution in [2.24, 2.45) is 0 Å². The van der Waals surface area contributed by atoms with Crippen LogP contribution in [0.1, 0.15) is 33.6 Å². The lowest BCUT2D eigenvalue weighted by Gasteiger charge is -2.19. The van der Waals surface area contributed by atoms with E-state index in [0.717, 1.165) is 0 Å². The first-order valence-corrected chi connectivity index (χ1v) is 10.7. The van der Waals surface area contributed by atoms with Crippen LogP contribution < -0.4 is 16.0 Å². The fraction of sp³-hybridized carbons (Fsp3) is 0.333. The van der Waals surface area contributed by atoms with Crippen molar-refractivity contribution in [1.82, 2.24) is 10.6 Å². The van der Waals surface area contributed by atoms with E-state index >= 15 is 0 Å². The van der Waals surface area contributed by atoms with E-state index < -0.39 is 30.3 Å². The lowest BCUT2D eigenvalue weighted by Crippen LogP contribution is -2.30. The van der Waals surface area contributed by atoms with Crippen LogP contribution >= 0.6 is 67.8 Å². The number of carboxylic acids is 1. The molecular weight excluding hydrogens is 699 g/mol. The Morgan fingerprint density at radius 3 is 2.00 bits per heavy atom. The number of carbonyl (C=O) groups excluding carboxylic acids is 3. The first-order chi connectivity index (χ1) is 12.6. The van der Waals surface area contributed by atoms with Gasteiger partial charge in [0.2, 0.25) is 5.91 Å². The fourth-order valence-corrected chi connectivity index (χ4v) is 6.42. The highest BCUT2D eigenvalue weighted by atomic mass is 127. The summed E-state index contributed by atoms with van der Waals surface area (Å²) in [6.45, 7) is -0.596. The van der Waals surface area contributed by atoms with Gasteiger partial charge in [0.05, 0.1) is 24.0 Å². The predicted molar refractivity (Wildman–Crippen MR) is 123 cm³/mol. The molecule has 0 saturated heterocycles. The summed E-state index contributed by atoms with van der Waals surface area (Å²) in [5, 5.41) is 25.3. The molecule has 0 bridgehead atoms. The molecule has 0 fully saturated rings. The van der Waals surface area contributed by atoms with Crippen LogP contribution in [0.4, 0.5) is 5.69 Å². The predicted octanol–water partition coefficient (Wildman–Crippen LogP) is 1.39. The standard InChI is InChI=1S/C15H16I3N3O6/c1-19-14(26)8-10(16)9(15(27)20-4-2-3-7(24)25)12(18)13(11(8)17)21-6(23)5-22/h22H,2-5H2,1H3,(H,19,26)(H,20,27)(H,21,23)(H,24,25). The Kier molecular flexibility index (Phi) is 10.2. The molecule has 0 unspecified atom stereocenters. The summed E-state index contributed by atoms with van der Waals surface area (Å²) in [6, 6.07) is 0. The third-order valence-electron chi connectivity index (χ3n) is 3.26. The van der Waals surface area contributed by atoms with Gasteiger partial charge in [-0.25, -0.2) is 0 Å². The minimum atomic E-state index is -0.960. The van der Waals surface area contributed by atoms with Crippen molar-refractivity contribution >= 4 is 97.2 Å². The van der Waals surface area contributed by atoms with Gasteiger partial charge in [-0.3, -0.25) is 19.2 Å². The normalized spacial score (nSPS) is 10.3. The van der Waals surface area contributed by atoms with Gasteiger partial charge < -0.3 is 26.2 Å². The van der Waals surface area contributed by atoms with E-state index in [0.29, 0.717) is 10.7 Å². The van der Waals surface area contributed by atoms with E-state index in [-0.39, 0.29) is 36.2 Å². The van der Waals surface area contributed by atoms with Crippen LogP contribution in [0.5, 0.6) is 0 Å². The Morgan fingerprint density at radius 1 is 0.963 bits per heavy atom. The molecule has 1 rings (SSSR count). The van der Waals surface area contributed by atoms with Crippen LogP contribution in [0.2, 0.25) is 0 Å². The zero-order chi connectivity index (χ0) is 20.7. The smallest absolute Gasteiger partial charge is 0.303 e. The lowest BCUT2D eigenvalue weighted by atomic mass is 10.1. The Balaban J connectivity index is 3.38. The number of nitrogens with one attached hydrogen (secondary N) is 3. The summed E-state index contributed by atoms with van der Waals surface area (Å²) >= 11 is 5.68. The second-order valence-corrected chi connectivity index (χ2v) is 8.34. The summed E-state index contributed by atoms with van der Waals surface area (Å²) in [4.78, 5) is 47.2. The number of carbonyl (C=O) groups is 4. The molecule has 3 amide bonds. The number of anilines is 1. The van der Waals surface area contributed by atoms with Crippen molar-refractivity contribution in [3.05, 3.63) is 21.8 Å². The number of halogens is 3. The zero-order valence-electron chi connectivity index (χ0n) is 14.0. The number of benzene rings is 1. The molecule has 9 nitrogen and oxygen atoms in total. The van der Waals surface area contributed by atoms with E-state index in [4.69, 9.17) is 10.2 Å². The number of aliphatic hydroxyl groups excluding tert-OH is 1. The summed E-state index contributed by atoms with van der Waals surface area (Å²) in [7, 11) is 1.45. The molecule has 0 aliphatic rings. The maximum atomic E-state index is 12.6. The van der Waals surface area contributed by atoms with Gasteiger partial charge in [-0.1, -0.05) is 0 Å². The summed E-state index contributed by atoms with van der Waals surface area (Å²) < 4.78 is 1.25. The molecule has 1 aromatic rings. The van der Waals surface area contributed by atoms with Crippen LogP contribution in [-0.4, -0.2) is 54.1 Å². The highest BCUT2D eigenvalue weighted by molar-refractivity contribution is 14.1. The SMILES string of the molecule is CNC(=O)c1c(I)c(NC(=O)CO)c(I)c(C(=O)NCCCC(=O)O)c1I. The Hall–Kier alpha value is -0.750. The highest BCUT2D eigenvalue weighted by Gasteiger charge is 2.28. The van der Waals surface area contributed by atoms with Gasteiger partial charge in [-0.2, -0.15) is 0 Å². The van der Waals surface area contributed by atoms with Gasteiger partial charge in [0.25, 0.3) is 11.8 Å². The van der Waals surface area contributed by atoms with Crippen LogP contribution in [0, 0.1) is 10.7 Å². The van der Waals surface area contributed by atoms with Gasteiger partial charge in [-0.15, -0.1) is 0 Å². The van der Waals surface area contributed by atoms with Gasteiger partial charge in [0.15, 0.2) is 0 Å². The summed E-state index contributed by atoms with van der Waals surface area (Å²) in [5.41, 5.74) is 0.673. The zero-order valence-corrected chi connectivity index (χ0v) is 20.5. The minimum Gasteiger partial charge on any atom is -0.481 e. The second-order valence-electron chi connectivity index (χ2n) is 5.11. The Morgan fingerprint density at radius 2 is 1.52 bits per heavy atom. The van der Waals surface area contributed by atoms with E-state index in [1.807, 2.05) is 67.8 Å². The molecule has 5 N–H and O–H groups in total. The number of aliphatic hydroxyl groups is 1. The number of amides is 3. The van der Waals surface area contributed by atoms with Gasteiger partial charge in [0, 0.05) is 23.6 Å². The number of hydrogen-bond acceptors (Lipinski definition) is 5. The molecule has 0 heterocycles. The maximum Gasteiger partial charge on any atom is 0.303 e. The van der Waals surface area contributed by atoms with Gasteiger partial charge >= 0.3 is 5.97 Å². The molecule has 0 aliphatic heterocycles. The largest absolute Gasteiger partial charge is 0.481 e. The Bertz CT molecular complexity index is 785. The number of carboxylic acid groups (broad SMARTS) is 1.